The molecule has 1 aliphatic heterocycles. The second-order valence-corrected chi connectivity index (χ2v) is 7.67. The predicted octanol–water partition coefficient (Wildman–Crippen LogP) is 7.21. The van der Waals surface area contributed by atoms with Crippen LogP contribution in [0.1, 0.15) is 82.3 Å². The maximum Gasteiger partial charge on any atom is 0.311 e. The third kappa shape index (κ3) is 5.85. The lowest BCUT2D eigenvalue weighted by atomic mass is 9.99. The smallest absolute Gasteiger partial charge is 0.311 e. The van der Waals surface area contributed by atoms with Crippen LogP contribution in [0.5, 0.6) is 17.2 Å². The van der Waals surface area contributed by atoms with E-state index in [1.807, 2.05) is 36.4 Å². The van der Waals surface area contributed by atoms with Crippen LogP contribution in [-0.4, -0.2) is 5.97 Å². The van der Waals surface area contributed by atoms with Crippen LogP contribution in [0.4, 0.5) is 0 Å². The van der Waals surface area contributed by atoms with Gasteiger partial charge in [0.25, 0.3) is 0 Å². The van der Waals surface area contributed by atoms with Gasteiger partial charge < -0.3 is 9.47 Å². The molecular weight excluding hydrogens is 348 g/mol. The molecule has 0 saturated carbocycles. The van der Waals surface area contributed by atoms with E-state index < -0.39 is 0 Å². The Morgan fingerprint density at radius 1 is 0.857 bits per heavy atom. The number of unbranched alkanes of at least 4 members (excludes halogenated alkanes) is 8. The van der Waals surface area contributed by atoms with Gasteiger partial charge in [0.15, 0.2) is 0 Å². The van der Waals surface area contributed by atoms with E-state index in [4.69, 9.17) is 9.47 Å². The van der Waals surface area contributed by atoms with Gasteiger partial charge in [0.05, 0.1) is 0 Å². The average Bonchev–Trinajstić information content (AvgIpc) is 2.71. The van der Waals surface area contributed by atoms with Gasteiger partial charge in [0.1, 0.15) is 17.2 Å². The Morgan fingerprint density at radius 3 is 2.32 bits per heavy atom. The molecular formula is C25H32O3. The van der Waals surface area contributed by atoms with E-state index in [9.17, 15) is 4.79 Å². The maximum absolute atomic E-state index is 12.3. The summed E-state index contributed by atoms with van der Waals surface area (Å²) in [4.78, 5) is 12.3. The van der Waals surface area contributed by atoms with E-state index in [1.165, 1.54) is 44.9 Å². The first-order chi connectivity index (χ1) is 13.8. The first-order valence-corrected chi connectivity index (χ1v) is 10.9. The Morgan fingerprint density at radius 2 is 1.54 bits per heavy atom. The largest absolute Gasteiger partial charge is 0.457 e. The molecule has 0 aliphatic carbocycles. The van der Waals surface area contributed by atoms with Crippen molar-refractivity contribution in [2.24, 2.45) is 0 Å². The van der Waals surface area contributed by atoms with E-state index >= 15 is 0 Å². The van der Waals surface area contributed by atoms with Gasteiger partial charge in [-0.1, -0.05) is 82.6 Å². The summed E-state index contributed by atoms with van der Waals surface area (Å²) in [5.41, 5.74) is 2.08. The summed E-state index contributed by atoms with van der Waals surface area (Å²) >= 11 is 0. The van der Waals surface area contributed by atoms with Crippen LogP contribution < -0.4 is 9.47 Å². The standard InChI is InChI=1S/C25H32O3/c1-2-3-4-5-6-7-8-9-10-18-25(26)28-24-17-13-16-23-21(24)19-20-14-11-12-15-22(20)27-23/h11-17H,2-10,18-19H2,1H3. The monoisotopic (exact) mass is 380 g/mol. The SMILES string of the molecule is CCCCCCCCCCCC(=O)Oc1cccc2c1Cc1ccccc1O2. The van der Waals surface area contributed by atoms with Gasteiger partial charge in [-0.05, 0) is 30.2 Å². The summed E-state index contributed by atoms with van der Waals surface area (Å²) in [6.45, 7) is 2.25. The van der Waals surface area contributed by atoms with Gasteiger partial charge in [-0.2, -0.15) is 0 Å². The summed E-state index contributed by atoms with van der Waals surface area (Å²) in [6.07, 6.45) is 12.4. The van der Waals surface area contributed by atoms with Gasteiger partial charge >= 0.3 is 5.97 Å². The predicted molar refractivity (Wildman–Crippen MR) is 113 cm³/mol. The first-order valence-electron chi connectivity index (χ1n) is 10.9. The molecule has 28 heavy (non-hydrogen) atoms. The van der Waals surface area contributed by atoms with Gasteiger partial charge in [-0.3, -0.25) is 4.79 Å². The van der Waals surface area contributed by atoms with Crippen molar-refractivity contribution in [3.05, 3.63) is 53.6 Å². The molecule has 0 fully saturated rings. The maximum atomic E-state index is 12.3. The lowest BCUT2D eigenvalue weighted by molar-refractivity contribution is -0.134. The summed E-state index contributed by atoms with van der Waals surface area (Å²) in [7, 11) is 0. The Labute approximate surface area is 169 Å². The summed E-state index contributed by atoms with van der Waals surface area (Å²) < 4.78 is 11.6. The highest BCUT2D eigenvalue weighted by Crippen LogP contribution is 2.40. The second-order valence-electron chi connectivity index (χ2n) is 7.67. The van der Waals surface area contributed by atoms with Crippen molar-refractivity contribution in [1.82, 2.24) is 0 Å². The normalized spacial score (nSPS) is 12.0. The molecule has 0 spiro atoms. The first kappa shape index (κ1) is 20.4. The number of carbonyl (C=O) groups excluding carboxylic acids is 1. The molecule has 150 valence electrons. The molecule has 0 radical (unpaired) electrons. The van der Waals surface area contributed by atoms with Crippen molar-refractivity contribution < 1.29 is 14.3 Å². The molecule has 0 saturated heterocycles. The third-order valence-electron chi connectivity index (χ3n) is 5.36. The van der Waals surface area contributed by atoms with Crippen LogP contribution >= 0.6 is 0 Å². The number of hydrogen-bond donors (Lipinski definition) is 0. The van der Waals surface area contributed by atoms with Gasteiger partial charge in [-0.25, -0.2) is 0 Å². The lowest BCUT2D eigenvalue weighted by Crippen LogP contribution is -2.11. The zero-order chi connectivity index (χ0) is 19.6. The van der Waals surface area contributed by atoms with Crippen LogP contribution in [0.3, 0.4) is 0 Å². The Bertz CT molecular complexity index is 766. The fourth-order valence-electron chi connectivity index (χ4n) is 3.72. The summed E-state index contributed by atoms with van der Waals surface area (Å²) in [5, 5.41) is 0. The Kier molecular flexibility index (Phi) is 7.95. The molecule has 0 amide bonds. The van der Waals surface area contributed by atoms with Gasteiger partial charge in [0.2, 0.25) is 0 Å². The Hall–Kier alpha value is -2.29. The van der Waals surface area contributed by atoms with Crippen LogP contribution in [-0.2, 0) is 11.2 Å². The van der Waals surface area contributed by atoms with E-state index in [2.05, 4.69) is 13.0 Å². The van der Waals surface area contributed by atoms with Crippen LogP contribution in [0.25, 0.3) is 0 Å². The number of benzene rings is 2. The highest BCUT2D eigenvalue weighted by Gasteiger charge is 2.21. The van der Waals surface area contributed by atoms with Crippen molar-refractivity contribution in [3.8, 4) is 17.2 Å². The molecule has 2 aromatic rings. The minimum atomic E-state index is -0.143. The topological polar surface area (TPSA) is 35.5 Å². The fourth-order valence-corrected chi connectivity index (χ4v) is 3.72. The number of carbonyl (C=O) groups is 1. The zero-order valence-corrected chi connectivity index (χ0v) is 17.0. The van der Waals surface area contributed by atoms with Crippen molar-refractivity contribution in [1.29, 1.82) is 0 Å². The highest BCUT2D eigenvalue weighted by atomic mass is 16.5. The molecule has 3 rings (SSSR count). The lowest BCUT2D eigenvalue weighted by Gasteiger charge is -2.22. The molecule has 3 nitrogen and oxygen atoms in total. The average molecular weight is 381 g/mol. The van der Waals surface area contributed by atoms with E-state index in [0.717, 1.165) is 41.9 Å². The fraction of sp³-hybridized carbons (Fsp3) is 0.480. The van der Waals surface area contributed by atoms with Crippen molar-refractivity contribution >= 4 is 5.97 Å². The highest BCUT2D eigenvalue weighted by molar-refractivity contribution is 5.73. The minimum absolute atomic E-state index is 0.143. The number of rotatable bonds is 11. The molecule has 2 aromatic carbocycles. The van der Waals surface area contributed by atoms with Crippen LogP contribution in [0, 0.1) is 0 Å². The number of para-hydroxylation sites is 1. The third-order valence-corrected chi connectivity index (χ3v) is 5.36. The molecule has 0 unspecified atom stereocenters. The van der Waals surface area contributed by atoms with E-state index in [1.54, 1.807) is 0 Å². The van der Waals surface area contributed by atoms with Gasteiger partial charge in [-0.15, -0.1) is 0 Å². The van der Waals surface area contributed by atoms with Crippen LogP contribution in [0.15, 0.2) is 42.5 Å². The molecule has 0 aromatic heterocycles. The number of hydrogen-bond acceptors (Lipinski definition) is 3. The molecule has 1 aliphatic rings. The van der Waals surface area contributed by atoms with E-state index in [0.29, 0.717) is 12.2 Å². The zero-order valence-electron chi connectivity index (χ0n) is 17.0. The number of fused-ring (bicyclic) bond motifs is 2. The van der Waals surface area contributed by atoms with Crippen molar-refractivity contribution in [3.63, 3.8) is 0 Å². The summed E-state index contributed by atoms with van der Waals surface area (Å²) in [6, 6.07) is 13.7. The Balaban J connectivity index is 1.41. The van der Waals surface area contributed by atoms with Crippen molar-refractivity contribution in [2.75, 3.05) is 0 Å². The molecule has 0 bridgehead atoms. The quantitative estimate of drug-likeness (QED) is 0.200. The second kappa shape index (κ2) is 10.9. The molecule has 3 heteroatoms. The van der Waals surface area contributed by atoms with Crippen LogP contribution in [0.2, 0.25) is 0 Å². The number of esters is 1. The number of ether oxygens (including phenoxy) is 2. The van der Waals surface area contributed by atoms with E-state index in [-0.39, 0.29) is 5.97 Å². The molecule has 1 heterocycles. The molecule has 0 atom stereocenters. The minimum Gasteiger partial charge on any atom is -0.457 e. The molecule has 0 N–H and O–H groups in total. The van der Waals surface area contributed by atoms with Gasteiger partial charge in [0, 0.05) is 18.4 Å². The van der Waals surface area contributed by atoms with Crippen molar-refractivity contribution in [2.45, 2.75) is 77.6 Å². The summed E-state index contributed by atoms with van der Waals surface area (Å²) in [5.74, 6) is 2.16.